The highest BCUT2D eigenvalue weighted by molar-refractivity contribution is 5.81. The maximum absolute atomic E-state index is 15.2. The lowest BCUT2D eigenvalue weighted by molar-refractivity contribution is -0.128. The molecule has 5 saturated heterocycles. The second-order valence-corrected chi connectivity index (χ2v) is 10.9. The van der Waals surface area contributed by atoms with Crippen LogP contribution < -0.4 is 32.4 Å². The summed E-state index contributed by atoms with van der Waals surface area (Å²) in [6.45, 7) is 6.04. The molecule has 0 aromatic rings. The van der Waals surface area contributed by atoms with Gasteiger partial charge in [-0.15, -0.1) is 0 Å². The van der Waals surface area contributed by atoms with E-state index in [1.807, 2.05) is 0 Å². The van der Waals surface area contributed by atoms with E-state index in [2.05, 4.69) is 36.5 Å². The van der Waals surface area contributed by atoms with Crippen molar-refractivity contribution in [2.45, 2.75) is 56.0 Å². The Morgan fingerprint density at radius 3 is 2.53 bits per heavy atom. The lowest BCUT2D eigenvalue weighted by Crippen LogP contribution is -2.67. The summed E-state index contributed by atoms with van der Waals surface area (Å²) < 4.78 is 29.0. The molecule has 11 nitrogen and oxygen atoms in total. The van der Waals surface area contributed by atoms with Crippen molar-refractivity contribution in [1.82, 2.24) is 41.5 Å². The first-order valence-electron chi connectivity index (χ1n) is 13.5. The Hall–Kier alpha value is -1.48. The molecule has 204 valence electrons. The quantitative estimate of drug-likeness (QED) is 0.215. The normalized spacial score (nSPS) is 38.8. The third kappa shape index (κ3) is 5.66. The second-order valence-electron chi connectivity index (χ2n) is 10.9. The smallest absolute Gasteiger partial charge is 0.229 e. The highest BCUT2D eigenvalue weighted by atomic mass is 19.1. The number of nitrogens with one attached hydrogen (secondary N) is 5. The summed E-state index contributed by atoms with van der Waals surface area (Å²) in [6, 6.07) is -0.899. The van der Waals surface area contributed by atoms with E-state index in [1.54, 1.807) is 5.01 Å². The molecule has 5 heterocycles. The predicted octanol–water partition coefficient (Wildman–Crippen LogP) is -2.70. The standard InChI is InChI=1S/C23H41F2N9O2/c24-15-10-29-21-18(20(26)31-34(21)13-15)23(36)30-17-12-27-11-16(25)19(17)33-7-2-14(3-8-33)22(35)28-4-9-32-5-1-6-32/h14-21,27,29,31H,1-13,26H2,(H,28,35)(H,30,36). The van der Waals surface area contributed by atoms with E-state index >= 15 is 4.39 Å². The molecule has 5 fully saturated rings. The number of nitrogens with zero attached hydrogens (tertiary/aromatic N) is 3. The summed E-state index contributed by atoms with van der Waals surface area (Å²) in [6.07, 6.45) is -0.645. The summed E-state index contributed by atoms with van der Waals surface area (Å²) in [7, 11) is 0. The van der Waals surface area contributed by atoms with Crippen LogP contribution in [0.5, 0.6) is 0 Å². The third-order valence-electron chi connectivity index (χ3n) is 8.44. The molecular weight excluding hydrogens is 472 g/mol. The van der Waals surface area contributed by atoms with Crippen LogP contribution in [0.4, 0.5) is 8.78 Å². The van der Waals surface area contributed by atoms with Crippen molar-refractivity contribution in [3.05, 3.63) is 0 Å². The van der Waals surface area contributed by atoms with Crippen molar-refractivity contribution >= 4 is 11.8 Å². The van der Waals surface area contributed by atoms with Gasteiger partial charge in [0.2, 0.25) is 11.8 Å². The fourth-order valence-electron chi connectivity index (χ4n) is 6.29. The first-order chi connectivity index (χ1) is 17.4. The minimum absolute atomic E-state index is 0.0595. The summed E-state index contributed by atoms with van der Waals surface area (Å²) >= 11 is 0. The van der Waals surface area contributed by atoms with Crippen molar-refractivity contribution in [2.24, 2.45) is 17.6 Å². The molecule has 5 rings (SSSR count). The number of likely N-dealkylation sites (tertiary alicyclic amines) is 2. The molecule has 5 aliphatic rings. The molecule has 0 radical (unpaired) electrons. The Morgan fingerprint density at radius 2 is 1.81 bits per heavy atom. The molecule has 5 aliphatic heterocycles. The van der Waals surface area contributed by atoms with Crippen LogP contribution in [0.1, 0.15) is 19.3 Å². The lowest BCUT2D eigenvalue weighted by atomic mass is 9.90. The number of amides is 2. The van der Waals surface area contributed by atoms with Gasteiger partial charge in [0.1, 0.15) is 12.3 Å². The number of hydrazine groups is 1. The minimum Gasteiger partial charge on any atom is -0.355 e. The van der Waals surface area contributed by atoms with Crippen LogP contribution in [0.25, 0.3) is 0 Å². The second kappa shape index (κ2) is 11.5. The number of fused-ring (bicyclic) bond motifs is 1. The Kier molecular flexibility index (Phi) is 8.35. The molecule has 0 aromatic heterocycles. The topological polar surface area (TPSA) is 130 Å². The first-order valence-corrected chi connectivity index (χ1v) is 13.5. The Morgan fingerprint density at radius 1 is 1.03 bits per heavy atom. The molecular formula is C23H41F2N9O2. The minimum atomic E-state index is -1.14. The van der Waals surface area contributed by atoms with Gasteiger partial charge in [-0.1, -0.05) is 0 Å². The van der Waals surface area contributed by atoms with E-state index in [1.165, 1.54) is 6.42 Å². The van der Waals surface area contributed by atoms with Gasteiger partial charge in [-0.2, -0.15) is 0 Å². The van der Waals surface area contributed by atoms with Gasteiger partial charge in [-0.3, -0.25) is 19.8 Å². The van der Waals surface area contributed by atoms with Gasteiger partial charge in [0.25, 0.3) is 0 Å². The van der Waals surface area contributed by atoms with Gasteiger partial charge in [0, 0.05) is 45.2 Å². The monoisotopic (exact) mass is 513 g/mol. The maximum atomic E-state index is 15.2. The number of halogens is 2. The lowest BCUT2D eigenvalue weighted by Gasteiger charge is -2.45. The van der Waals surface area contributed by atoms with Crippen LogP contribution in [0.2, 0.25) is 0 Å². The largest absolute Gasteiger partial charge is 0.355 e. The summed E-state index contributed by atoms with van der Waals surface area (Å²) in [5.41, 5.74) is 9.17. The molecule has 0 aliphatic carbocycles. The van der Waals surface area contributed by atoms with Crippen LogP contribution in [-0.2, 0) is 9.59 Å². The molecule has 13 heteroatoms. The average Bonchev–Trinajstić information content (AvgIpc) is 3.15. The van der Waals surface area contributed by atoms with Gasteiger partial charge < -0.3 is 26.6 Å². The molecule has 36 heavy (non-hydrogen) atoms. The molecule has 2 amide bonds. The Bertz CT molecular complexity index is 783. The van der Waals surface area contributed by atoms with Crippen molar-refractivity contribution in [2.75, 3.05) is 65.4 Å². The van der Waals surface area contributed by atoms with Crippen molar-refractivity contribution in [1.29, 1.82) is 0 Å². The zero-order valence-electron chi connectivity index (χ0n) is 20.8. The first kappa shape index (κ1) is 26.1. The van der Waals surface area contributed by atoms with Crippen LogP contribution in [-0.4, -0.2) is 129 Å². The number of nitrogens with two attached hydrogens (primary N) is 1. The molecule has 0 saturated carbocycles. The average molecular weight is 514 g/mol. The Balaban J connectivity index is 1.14. The Labute approximate surface area is 211 Å². The van der Waals surface area contributed by atoms with Gasteiger partial charge in [0.05, 0.1) is 30.3 Å². The third-order valence-corrected chi connectivity index (χ3v) is 8.44. The fourth-order valence-corrected chi connectivity index (χ4v) is 6.29. The molecule has 7 unspecified atom stereocenters. The van der Waals surface area contributed by atoms with Gasteiger partial charge in [-0.25, -0.2) is 19.2 Å². The number of carbonyl (C=O) groups excluding carboxylic acids is 2. The number of rotatable bonds is 7. The number of hydrogen-bond acceptors (Lipinski definition) is 9. The van der Waals surface area contributed by atoms with Crippen LogP contribution in [0.3, 0.4) is 0 Å². The van der Waals surface area contributed by atoms with E-state index in [-0.39, 0.29) is 37.4 Å². The molecule has 0 bridgehead atoms. The zero-order valence-corrected chi connectivity index (χ0v) is 20.8. The van der Waals surface area contributed by atoms with Gasteiger partial charge >= 0.3 is 0 Å². The van der Waals surface area contributed by atoms with Crippen molar-refractivity contribution in [3.8, 4) is 0 Å². The number of carbonyl (C=O) groups is 2. The van der Waals surface area contributed by atoms with Crippen molar-refractivity contribution < 1.29 is 18.4 Å². The van der Waals surface area contributed by atoms with E-state index in [0.29, 0.717) is 39.0 Å². The number of alkyl halides is 2. The van der Waals surface area contributed by atoms with Crippen LogP contribution in [0.15, 0.2) is 0 Å². The van der Waals surface area contributed by atoms with Gasteiger partial charge in [-0.05, 0) is 45.4 Å². The highest BCUT2D eigenvalue weighted by Gasteiger charge is 2.48. The summed E-state index contributed by atoms with van der Waals surface area (Å²) in [5, 5.41) is 13.9. The predicted molar refractivity (Wildman–Crippen MR) is 130 cm³/mol. The van der Waals surface area contributed by atoms with Crippen LogP contribution in [0, 0.1) is 11.8 Å². The SMILES string of the molecule is NC1NN2CC(F)CNC2C1C(=O)NC1CNCC(F)C1N1CCC(C(=O)NCCN2CCC2)CC1. The van der Waals surface area contributed by atoms with E-state index in [4.69, 9.17) is 5.73 Å². The summed E-state index contributed by atoms with van der Waals surface area (Å²) in [4.78, 5) is 30.3. The molecule has 7 atom stereocenters. The van der Waals surface area contributed by atoms with E-state index in [9.17, 15) is 14.0 Å². The van der Waals surface area contributed by atoms with Crippen LogP contribution >= 0.6 is 0 Å². The molecule has 7 N–H and O–H groups in total. The fraction of sp³-hybridized carbons (Fsp3) is 0.913. The maximum Gasteiger partial charge on any atom is 0.229 e. The highest BCUT2D eigenvalue weighted by Crippen LogP contribution is 2.26. The molecule has 0 aromatic carbocycles. The van der Waals surface area contributed by atoms with Gasteiger partial charge in [0.15, 0.2) is 0 Å². The van der Waals surface area contributed by atoms with E-state index in [0.717, 1.165) is 19.6 Å². The van der Waals surface area contributed by atoms with E-state index < -0.39 is 42.7 Å². The summed E-state index contributed by atoms with van der Waals surface area (Å²) in [5.74, 6) is -0.862. The van der Waals surface area contributed by atoms with Crippen molar-refractivity contribution in [3.63, 3.8) is 0 Å². The number of hydrogen-bond donors (Lipinski definition) is 6. The zero-order chi connectivity index (χ0) is 25.2. The molecule has 0 spiro atoms. The number of piperidine rings is 2.